The summed E-state index contributed by atoms with van der Waals surface area (Å²) in [4.78, 5) is 11.6. The lowest BCUT2D eigenvalue weighted by Gasteiger charge is -2.20. The first-order valence-corrected chi connectivity index (χ1v) is 7.07. The molecule has 1 unspecified atom stereocenters. The quantitative estimate of drug-likeness (QED) is 0.735. The Balaban J connectivity index is 2.36. The Morgan fingerprint density at radius 2 is 1.89 bits per heavy atom. The molecular weight excluding hydrogens is 226 g/mol. The molecule has 102 valence electrons. The molecule has 0 aliphatic heterocycles. The molecule has 0 aromatic rings. The summed E-state index contributed by atoms with van der Waals surface area (Å²) in [5, 5.41) is 15.3. The normalized spacial score (nSPS) is 19.0. The van der Waals surface area contributed by atoms with Crippen LogP contribution in [0.2, 0.25) is 0 Å². The van der Waals surface area contributed by atoms with Gasteiger partial charge >= 0.3 is 0 Å². The van der Waals surface area contributed by atoms with Crippen LogP contribution < -0.4 is 10.6 Å². The lowest BCUT2D eigenvalue weighted by Crippen LogP contribution is -2.41. The molecule has 2 N–H and O–H groups in total. The second kappa shape index (κ2) is 8.10. The largest absolute Gasteiger partial charge is 0.354 e. The van der Waals surface area contributed by atoms with Crippen molar-refractivity contribution in [2.75, 3.05) is 0 Å². The summed E-state index contributed by atoms with van der Waals surface area (Å²) in [7, 11) is 0. The zero-order chi connectivity index (χ0) is 13.4. The molecule has 1 saturated carbocycles. The van der Waals surface area contributed by atoms with Crippen LogP contribution in [0.1, 0.15) is 58.8 Å². The van der Waals surface area contributed by atoms with Crippen molar-refractivity contribution in [2.45, 2.75) is 76.9 Å². The second-order valence-electron chi connectivity index (χ2n) is 5.46. The molecule has 0 spiro atoms. The van der Waals surface area contributed by atoms with Crippen LogP contribution in [0.25, 0.3) is 0 Å². The molecule has 0 saturated heterocycles. The van der Waals surface area contributed by atoms with Gasteiger partial charge in [0, 0.05) is 12.1 Å². The van der Waals surface area contributed by atoms with Crippen molar-refractivity contribution < 1.29 is 4.79 Å². The molecule has 1 aliphatic rings. The highest BCUT2D eigenvalue weighted by atomic mass is 16.1. The number of hydrogen-bond acceptors (Lipinski definition) is 3. The average molecular weight is 251 g/mol. The number of hydrogen-bond donors (Lipinski definition) is 2. The molecule has 1 amide bonds. The minimum absolute atomic E-state index is 0.0438. The minimum Gasteiger partial charge on any atom is -0.354 e. The van der Waals surface area contributed by atoms with Crippen LogP contribution in [0.15, 0.2) is 0 Å². The van der Waals surface area contributed by atoms with Crippen LogP contribution in [0, 0.1) is 11.3 Å². The molecule has 0 heterocycles. The maximum atomic E-state index is 11.6. The van der Waals surface area contributed by atoms with Crippen molar-refractivity contribution in [3.63, 3.8) is 0 Å². The van der Waals surface area contributed by atoms with Crippen molar-refractivity contribution in [1.29, 1.82) is 5.26 Å². The summed E-state index contributed by atoms with van der Waals surface area (Å²) in [6, 6.07) is 2.39. The van der Waals surface area contributed by atoms with E-state index in [4.69, 9.17) is 5.26 Å². The van der Waals surface area contributed by atoms with Gasteiger partial charge in [-0.1, -0.05) is 25.7 Å². The first-order valence-electron chi connectivity index (χ1n) is 7.07. The van der Waals surface area contributed by atoms with E-state index in [1.807, 2.05) is 13.8 Å². The lowest BCUT2D eigenvalue weighted by molar-refractivity contribution is -0.121. The Morgan fingerprint density at radius 1 is 1.28 bits per heavy atom. The molecule has 4 nitrogen and oxygen atoms in total. The van der Waals surface area contributed by atoms with Crippen LogP contribution >= 0.6 is 0 Å². The van der Waals surface area contributed by atoms with Gasteiger partial charge in [-0.05, 0) is 26.7 Å². The van der Waals surface area contributed by atoms with Crippen molar-refractivity contribution in [1.82, 2.24) is 10.6 Å². The van der Waals surface area contributed by atoms with Gasteiger partial charge in [-0.25, -0.2) is 0 Å². The Morgan fingerprint density at radius 3 is 2.39 bits per heavy atom. The summed E-state index contributed by atoms with van der Waals surface area (Å²) in [5.74, 6) is -0.0438. The molecule has 0 aromatic heterocycles. The van der Waals surface area contributed by atoms with Crippen molar-refractivity contribution in [3.05, 3.63) is 0 Å². The molecule has 1 fully saturated rings. The Kier molecular flexibility index (Phi) is 6.74. The SMILES string of the molecule is CC(C)NC(=O)CC(C#N)NC1CCCCCC1. The fourth-order valence-electron chi connectivity index (χ4n) is 2.44. The van der Waals surface area contributed by atoms with E-state index in [0.29, 0.717) is 6.04 Å². The van der Waals surface area contributed by atoms with Gasteiger partial charge in [0.15, 0.2) is 0 Å². The smallest absolute Gasteiger partial charge is 0.222 e. The van der Waals surface area contributed by atoms with Gasteiger partial charge in [0.2, 0.25) is 5.91 Å². The fraction of sp³-hybridized carbons (Fsp3) is 0.857. The molecule has 0 bridgehead atoms. The van der Waals surface area contributed by atoms with E-state index in [1.54, 1.807) is 0 Å². The van der Waals surface area contributed by atoms with E-state index in [1.165, 1.54) is 25.7 Å². The number of rotatable bonds is 5. The minimum atomic E-state index is -0.355. The van der Waals surface area contributed by atoms with Crippen LogP contribution in [-0.4, -0.2) is 24.0 Å². The van der Waals surface area contributed by atoms with E-state index in [0.717, 1.165) is 12.8 Å². The molecule has 1 atom stereocenters. The number of nitriles is 1. The van der Waals surface area contributed by atoms with Crippen molar-refractivity contribution in [3.8, 4) is 6.07 Å². The van der Waals surface area contributed by atoms with E-state index in [2.05, 4.69) is 16.7 Å². The molecule has 1 aliphatic carbocycles. The second-order valence-corrected chi connectivity index (χ2v) is 5.46. The number of nitrogens with one attached hydrogen (secondary N) is 2. The third-order valence-corrected chi connectivity index (χ3v) is 3.29. The van der Waals surface area contributed by atoms with Crippen LogP contribution in [0.5, 0.6) is 0 Å². The van der Waals surface area contributed by atoms with Gasteiger partial charge in [-0.2, -0.15) is 5.26 Å². The van der Waals surface area contributed by atoms with Crippen molar-refractivity contribution in [2.24, 2.45) is 0 Å². The predicted molar refractivity (Wildman–Crippen MR) is 71.9 cm³/mol. The zero-order valence-corrected chi connectivity index (χ0v) is 11.5. The topological polar surface area (TPSA) is 64.9 Å². The van der Waals surface area contributed by atoms with Crippen LogP contribution in [0.3, 0.4) is 0 Å². The maximum absolute atomic E-state index is 11.6. The lowest BCUT2D eigenvalue weighted by atomic mass is 10.1. The molecular formula is C14H25N3O. The van der Waals surface area contributed by atoms with E-state index < -0.39 is 0 Å². The predicted octanol–water partition coefficient (Wildman–Crippen LogP) is 2.11. The van der Waals surface area contributed by atoms with Crippen molar-refractivity contribution >= 4 is 5.91 Å². The van der Waals surface area contributed by atoms with Crippen LogP contribution in [0.4, 0.5) is 0 Å². The van der Waals surface area contributed by atoms with Gasteiger partial charge in [0.25, 0.3) is 0 Å². The Bertz CT molecular complexity index is 288. The standard InChI is InChI=1S/C14H25N3O/c1-11(2)16-14(18)9-13(10-15)17-12-7-5-3-4-6-8-12/h11-13,17H,3-9H2,1-2H3,(H,16,18). The highest BCUT2D eigenvalue weighted by Gasteiger charge is 2.19. The monoisotopic (exact) mass is 251 g/mol. The molecule has 1 rings (SSSR count). The number of carbonyl (C=O) groups excluding carboxylic acids is 1. The Labute approximate surface area is 110 Å². The Hall–Kier alpha value is -1.08. The summed E-state index contributed by atoms with van der Waals surface area (Å²) in [6.45, 7) is 3.86. The van der Waals surface area contributed by atoms with E-state index in [9.17, 15) is 4.79 Å². The first kappa shape index (κ1) is 15.0. The fourth-order valence-corrected chi connectivity index (χ4v) is 2.44. The number of carbonyl (C=O) groups is 1. The molecule has 0 radical (unpaired) electrons. The first-order chi connectivity index (χ1) is 8.61. The maximum Gasteiger partial charge on any atom is 0.222 e. The third-order valence-electron chi connectivity index (χ3n) is 3.29. The third kappa shape index (κ3) is 6.02. The summed E-state index contributed by atoms with van der Waals surface area (Å²) >= 11 is 0. The average Bonchev–Trinajstić information content (AvgIpc) is 2.55. The van der Waals surface area contributed by atoms with Crippen LogP contribution in [-0.2, 0) is 4.79 Å². The van der Waals surface area contributed by atoms with Gasteiger partial charge in [0.05, 0.1) is 12.5 Å². The summed E-state index contributed by atoms with van der Waals surface area (Å²) in [5.41, 5.74) is 0. The molecule has 18 heavy (non-hydrogen) atoms. The molecule has 4 heteroatoms. The van der Waals surface area contributed by atoms with Gasteiger partial charge < -0.3 is 5.32 Å². The number of nitrogens with zero attached hydrogens (tertiary/aromatic N) is 1. The van der Waals surface area contributed by atoms with E-state index in [-0.39, 0.29) is 24.4 Å². The van der Waals surface area contributed by atoms with Gasteiger partial charge in [0.1, 0.15) is 6.04 Å². The highest BCUT2D eigenvalue weighted by Crippen LogP contribution is 2.17. The van der Waals surface area contributed by atoms with E-state index >= 15 is 0 Å². The number of amides is 1. The summed E-state index contributed by atoms with van der Waals surface area (Å²) in [6.07, 6.45) is 7.56. The van der Waals surface area contributed by atoms with Gasteiger partial charge in [-0.15, -0.1) is 0 Å². The highest BCUT2D eigenvalue weighted by molar-refractivity contribution is 5.77. The zero-order valence-electron chi connectivity index (χ0n) is 11.5. The van der Waals surface area contributed by atoms with Gasteiger partial charge in [-0.3, -0.25) is 10.1 Å². The summed E-state index contributed by atoms with van der Waals surface area (Å²) < 4.78 is 0. The molecule has 0 aromatic carbocycles.